The Labute approximate surface area is 213 Å². The number of aliphatic hydroxyl groups excluding tert-OH is 1. The first-order valence-electron chi connectivity index (χ1n) is 12.1. The second kappa shape index (κ2) is 8.64. The van der Waals surface area contributed by atoms with Crippen molar-refractivity contribution in [3.8, 4) is 0 Å². The van der Waals surface area contributed by atoms with E-state index in [4.69, 9.17) is 9.47 Å². The van der Waals surface area contributed by atoms with Crippen molar-refractivity contribution in [3.05, 3.63) is 131 Å². The van der Waals surface area contributed by atoms with Gasteiger partial charge in [0.1, 0.15) is 0 Å². The fourth-order valence-electron chi connectivity index (χ4n) is 5.84. The molecule has 3 aromatic carbocycles. The largest absolute Gasteiger partial charge is 0.499 e. The highest BCUT2D eigenvalue weighted by Gasteiger charge is 2.87. The highest BCUT2D eigenvalue weighted by Crippen LogP contribution is 2.64. The first kappa shape index (κ1) is 23.1. The van der Waals surface area contributed by atoms with E-state index >= 15 is 0 Å². The summed E-state index contributed by atoms with van der Waals surface area (Å²) in [6.07, 6.45) is -1.57. The van der Waals surface area contributed by atoms with Crippen molar-refractivity contribution in [1.29, 1.82) is 0 Å². The van der Waals surface area contributed by atoms with E-state index in [-0.39, 0.29) is 11.4 Å². The van der Waals surface area contributed by atoms with Crippen molar-refractivity contribution < 1.29 is 28.9 Å². The van der Waals surface area contributed by atoms with Gasteiger partial charge in [0.25, 0.3) is 5.54 Å². The van der Waals surface area contributed by atoms with Gasteiger partial charge in [-0.25, -0.2) is 0 Å². The Morgan fingerprint density at radius 2 is 1.54 bits per heavy atom. The number of aliphatic hydroxyl groups is 1. The summed E-state index contributed by atoms with van der Waals surface area (Å²) in [6.45, 7) is 3.32. The highest BCUT2D eigenvalue weighted by atomic mass is 16.5. The lowest BCUT2D eigenvalue weighted by Gasteiger charge is -2.43. The van der Waals surface area contributed by atoms with Gasteiger partial charge in [0.15, 0.2) is 29.8 Å². The van der Waals surface area contributed by atoms with Crippen molar-refractivity contribution in [2.75, 3.05) is 6.61 Å². The lowest BCUT2D eigenvalue weighted by atomic mass is 9.60. The van der Waals surface area contributed by atoms with Crippen LogP contribution in [0.25, 0.3) is 11.3 Å². The van der Waals surface area contributed by atoms with Gasteiger partial charge in [-0.3, -0.25) is 14.3 Å². The Morgan fingerprint density at radius 3 is 2.05 bits per heavy atom. The number of Topliss-reactive ketones (excluding diaryl/α,β-unsaturated/α-hetero) is 1. The highest BCUT2D eigenvalue weighted by molar-refractivity contribution is 6.08. The predicted octanol–water partition coefficient (Wildman–Crippen LogP) is 4.24. The number of ketones is 1. The van der Waals surface area contributed by atoms with Crippen LogP contribution in [0.3, 0.4) is 0 Å². The first-order chi connectivity index (χ1) is 18.0. The van der Waals surface area contributed by atoms with Gasteiger partial charge in [0.2, 0.25) is 11.5 Å². The molecule has 3 heterocycles. The van der Waals surface area contributed by atoms with Crippen LogP contribution in [0.1, 0.15) is 22.8 Å². The fraction of sp³-hybridized carbons (Fsp3) is 0.200. The Bertz CT molecular complexity index is 1410. The number of hydrogen-bond acceptors (Lipinski definition) is 5. The van der Waals surface area contributed by atoms with Crippen molar-refractivity contribution in [2.24, 2.45) is 11.8 Å². The van der Waals surface area contributed by atoms with E-state index in [0.717, 1.165) is 21.4 Å². The summed E-state index contributed by atoms with van der Waals surface area (Å²) in [5.74, 6) is -2.76. The molecule has 0 aromatic heterocycles. The first-order valence-corrected chi connectivity index (χ1v) is 12.1. The smallest absolute Gasteiger partial charge is 0.321 e. The van der Waals surface area contributed by atoms with Gasteiger partial charge in [-0.1, -0.05) is 97.6 Å². The number of ether oxygens (including phenoxy) is 2. The van der Waals surface area contributed by atoms with Crippen molar-refractivity contribution >= 4 is 17.5 Å². The molecule has 0 radical (unpaired) electrons. The molecule has 1 saturated carbocycles. The minimum atomic E-state index is -1.74. The summed E-state index contributed by atoms with van der Waals surface area (Å²) < 4.78 is 13.1. The molecule has 0 spiro atoms. The topological polar surface area (TPSA) is 98.1 Å². The summed E-state index contributed by atoms with van der Waals surface area (Å²) >= 11 is 0. The third-order valence-corrected chi connectivity index (χ3v) is 7.53. The standard InChI is InChI=1S/C30H24N2O5/c1-18(17-33)23(29(35)37-25(19-11-5-2-6-12-19)20-13-7-3-8-14-20)30-27(34)22-24(32(30)31)26(36-28(22)30)21-15-9-4-10-16-21/h2-16,22-23,25,28,33H,1,17H2/t22-,23-,28-,30?/m0/s1. The number of rotatable bonds is 8. The number of carbonyl (C=O) groups excluding carboxylic acids is 2. The zero-order chi connectivity index (χ0) is 25.7. The Hall–Kier alpha value is -4.36. The van der Waals surface area contributed by atoms with Crippen molar-refractivity contribution in [2.45, 2.75) is 17.7 Å². The number of hydrogen-bond donors (Lipinski definition) is 1. The number of nitrogens with zero attached hydrogens (tertiary/aromatic N) is 2. The average molecular weight is 493 g/mol. The van der Waals surface area contributed by atoms with E-state index < -0.39 is 42.2 Å². The second-order valence-corrected chi connectivity index (χ2v) is 9.49. The summed E-state index contributed by atoms with van der Waals surface area (Å²) in [5.41, 5.74) is 12.2. The molecular formula is C30H24N2O5. The van der Waals surface area contributed by atoms with Crippen LogP contribution in [0.5, 0.6) is 0 Å². The third-order valence-electron chi connectivity index (χ3n) is 7.53. The van der Waals surface area contributed by atoms with E-state index in [1.165, 1.54) is 0 Å². The number of carbonyl (C=O) groups is 2. The maximum Gasteiger partial charge on any atom is 0.321 e. The van der Waals surface area contributed by atoms with Gasteiger partial charge in [0.05, 0.1) is 6.61 Å². The molecule has 3 fully saturated rings. The lowest BCUT2D eigenvalue weighted by Crippen LogP contribution is -2.70. The summed E-state index contributed by atoms with van der Waals surface area (Å²) in [6, 6.07) is 27.7. The molecule has 184 valence electrons. The molecule has 4 bridgehead atoms. The zero-order valence-corrected chi connectivity index (χ0v) is 19.9. The van der Waals surface area contributed by atoms with Crippen LogP contribution < -0.4 is 0 Å². The number of benzene rings is 3. The molecule has 1 unspecified atom stereocenters. The van der Waals surface area contributed by atoms with Crippen LogP contribution in [0, 0.1) is 11.8 Å². The Kier molecular flexibility index (Phi) is 5.38. The molecule has 7 nitrogen and oxygen atoms in total. The predicted molar refractivity (Wildman–Crippen MR) is 134 cm³/mol. The molecule has 4 atom stereocenters. The second-order valence-electron chi connectivity index (χ2n) is 9.49. The van der Waals surface area contributed by atoms with Gasteiger partial charge >= 0.3 is 5.97 Å². The normalized spacial score (nSPS) is 24.1. The van der Waals surface area contributed by atoms with Crippen molar-refractivity contribution in [1.82, 2.24) is 0 Å². The van der Waals surface area contributed by atoms with Gasteiger partial charge in [-0.2, -0.15) is 0 Å². The van der Waals surface area contributed by atoms with E-state index in [1.54, 1.807) is 0 Å². The van der Waals surface area contributed by atoms with E-state index in [9.17, 15) is 20.2 Å². The summed E-state index contributed by atoms with van der Waals surface area (Å²) in [4.78, 5) is 27.4. The van der Waals surface area contributed by atoms with Crippen LogP contribution in [0.2, 0.25) is 0 Å². The molecule has 3 aliphatic heterocycles. The minimum Gasteiger partial charge on any atom is -0.499 e. The Balaban J connectivity index is 1.39. The summed E-state index contributed by atoms with van der Waals surface area (Å²) in [5, 5.41) is 10.0. The van der Waals surface area contributed by atoms with Crippen LogP contribution >= 0.6 is 0 Å². The van der Waals surface area contributed by atoms with Crippen LogP contribution in [-0.2, 0) is 19.1 Å². The van der Waals surface area contributed by atoms with Gasteiger partial charge in [-0.15, -0.1) is 0 Å². The fourth-order valence-corrected chi connectivity index (χ4v) is 5.84. The zero-order valence-electron chi connectivity index (χ0n) is 19.9. The van der Waals surface area contributed by atoms with Crippen LogP contribution in [0.15, 0.2) is 109 Å². The van der Waals surface area contributed by atoms with Crippen molar-refractivity contribution in [3.63, 3.8) is 0 Å². The van der Waals surface area contributed by atoms with E-state index in [0.29, 0.717) is 11.5 Å². The Morgan fingerprint density at radius 1 is 1.00 bits per heavy atom. The maximum atomic E-state index is 13.9. The molecule has 1 aliphatic carbocycles. The van der Waals surface area contributed by atoms with Gasteiger partial charge < -0.3 is 20.1 Å². The molecule has 3 aromatic rings. The van der Waals surface area contributed by atoms with E-state index in [2.05, 4.69) is 6.58 Å². The van der Waals surface area contributed by atoms with Gasteiger partial charge in [0, 0.05) is 5.56 Å². The molecule has 7 heteroatoms. The SMILES string of the molecule is C=C(CO)[C@@H](C(=O)OC(c1ccccc1)c1ccccc1)C12C(=O)[C@@H]3C(=C(c4ccccc4)O[C@@H]31)[N+]2=[N-]. The molecule has 1 N–H and O–H groups in total. The molecule has 0 amide bonds. The quantitative estimate of drug-likeness (QED) is 0.288. The lowest BCUT2D eigenvalue weighted by molar-refractivity contribution is -0.565. The third kappa shape index (κ3) is 3.17. The molecule has 7 rings (SSSR count). The average Bonchev–Trinajstić information content (AvgIpc) is 3.51. The molecule has 2 saturated heterocycles. The monoisotopic (exact) mass is 492 g/mol. The van der Waals surface area contributed by atoms with E-state index in [1.807, 2.05) is 91.0 Å². The number of esters is 1. The van der Waals surface area contributed by atoms with Gasteiger partial charge in [-0.05, 0) is 16.7 Å². The molecule has 4 aliphatic rings. The molecular weight excluding hydrogens is 468 g/mol. The molecule has 37 heavy (non-hydrogen) atoms. The van der Waals surface area contributed by atoms with Crippen LogP contribution in [0.4, 0.5) is 0 Å². The minimum absolute atomic E-state index is 0.0636. The van der Waals surface area contributed by atoms with Crippen LogP contribution in [-0.4, -0.2) is 39.8 Å². The maximum absolute atomic E-state index is 13.9. The summed E-state index contributed by atoms with van der Waals surface area (Å²) in [7, 11) is 0.